The molecule has 0 aromatic heterocycles. The number of benzene rings is 2. The highest BCUT2D eigenvalue weighted by Crippen LogP contribution is 2.11. The second kappa shape index (κ2) is 11.0. The summed E-state index contributed by atoms with van der Waals surface area (Å²) in [4.78, 5) is 0. The lowest BCUT2D eigenvalue weighted by molar-refractivity contribution is 0.436. The summed E-state index contributed by atoms with van der Waals surface area (Å²) in [6.45, 7) is 1.49. The molecule has 0 radical (unpaired) electrons. The van der Waals surface area contributed by atoms with Crippen molar-refractivity contribution in [1.29, 1.82) is 0 Å². The zero-order valence-corrected chi connectivity index (χ0v) is 14.5. The zero-order valence-electron chi connectivity index (χ0n) is 14.5. The summed E-state index contributed by atoms with van der Waals surface area (Å²) in [6.07, 6.45) is 5.44. The molecule has 0 aliphatic carbocycles. The van der Waals surface area contributed by atoms with Crippen LogP contribution in [0.4, 0.5) is 0 Å². The minimum absolute atomic E-state index is 0.0985. The Bertz CT molecular complexity index is 498. The molecule has 0 bridgehead atoms. The zero-order chi connectivity index (χ0) is 17.0. The minimum Gasteiger partial charge on any atom is -0.329 e. The van der Waals surface area contributed by atoms with Gasteiger partial charge in [-0.05, 0) is 49.8 Å². The van der Waals surface area contributed by atoms with Gasteiger partial charge in [-0.15, -0.1) is 0 Å². The van der Waals surface area contributed by atoms with E-state index in [1.807, 2.05) is 0 Å². The van der Waals surface area contributed by atoms with Crippen LogP contribution >= 0.6 is 0 Å². The largest absolute Gasteiger partial charge is 0.329 e. The van der Waals surface area contributed by atoms with Crippen molar-refractivity contribution in [2.75, 3.05) is 13.1 Å². The van der Waals surface area contributed by atoms with Crippen LogP contribution in [0.3, 0.4) is 0 Å². The topological polar surface area (TPSA) is 64.1 Å². The van der Waals surface area contributed by atoms with Crippen LogP contribution < -0.4 is 16.8 Å². The van der Waals surface area contributed by atoms with Gasteiger partial charge in [-0.2, -0.15) is 0 Å². The SMILES string of the molecule is NCC(N)CCNC(CCc1ccccc1)CCc1ccccc1. The highest BCUT2D eigenvalue weighted by atomic mass is 14.9. The fourth-order valence-electron chi connectivity index (χ4n) is 2.91. The molecular formula is C21H31N3. The third kappa shape index (κ3) is 7.26. The van der Waals surface area contributed by atoms with Crippen molar-refractivity contribution in [3.05, 3.63) is 71.8 Å². The van der Waals surface area contributed by atoms with Gasteiger partial charge in [0.05, 0.1) is 0 Å². The maximum Gasteiger partial charge on any atom is 0.0175 e. The normalized spacial score (nSPS) is 12.5. The van der Waals surface area contributed by atoms with Crippen LogP contribution in [0.1, 0.15) is 30.4 Å². The summed E-state index contributed by atoms with van der Waals surface area (Å²) in [5.41, 5.74) is 14.3. The molecule has 3 nitrogen and oxygen atoms in total. The van der Waals surface area contributed by atoms with Crippen LogP contribution in [-0.2, 0) is 12.8 Å². The van der Waals surface area contributed by atoms with Gasteiger partial charge in [-0.3, -0.25) is 0 Å². The maximum absolute atomic E-state index is 5.92. The fourth-order valence-corrected chi connectivity index (χ4v) is 2.91. The van der Waals surface area contributed by atoms with Crippen LogP contribution in [0.2, 0.25) is 0 Å². The van der Waals surface area contributed by atoms with E-state index in [1.165, 1.54) is 11.1 Å². The average molecular weight is 326 g/mol. The standard InChI is InChI=1S/C21H31N3/c22-17-20(23)15-16-24-21(13-11-18-7-3-1-4-8-18)14-12-19-9-5-2-6-10-19/h1-10,20-21,24H,11-17,22-23H2. The van der Waals surface area contributed by atoms with Crippen LogP contribution in [-0.4, -0.2) is 25.2 Å². The van der Waals surface area contributed by atoms with E-state index < -0.39 is 0 Å². The lowest BCUT2D eigenvalue weighted by Gasteiger charge is -2.20. The molecule has 0 aliphatic rings. The van der Waals surface area contributed by atoms with Gasteiger partial charge in [0.15, 0.2) is 0 Å². The quantitative estimate of drug-likeness (QED) is 0.595. The Hall–Kier alpha value is -1.68. The third-order valence-corrected chi connectivity index (χ3v) is 4.50. The molecule has 2 aromatic carbocycles. The molecule has 2 aromatic rings. The Morgan fingerprint density at radius 3 is 1.71 bits per heavy atom. The summed E-state index contributed by atoms with van der Waals surface area (Å²) in [7, 11) is 0. The first-order valence-electron chi connectivity index (χ1n) is 9.05. The van der Waals surface area contributed by atoms with Crippen LogP contribution in [0.5, 0.6) is 0 Å². The molecule has 0 fully saturated rings. The molecule has 130 valence electrons. The van der Waals surface area contributed by atoms with Gasteiger partial charge in [0.25, 0.3) is 0 Å². The molecule has 0 saturated carbocycles. The van der Waals surface area contributed by atoms with Crippen molar-refractivity contribution in [3.63, 3.8) is 0 Å². The van der Waals surface area contributed by atoms with Crippen molar-refractivity contribution in [3.8, 4) is 0 Å². The second-order valence-corrected chi connectivity index (χ2v) is 6.48. The van der Waals surface area contributed by atoms with Crippen molar-refractivity contribution in [2.24, 2.45) is 11.5 Å². The fraction of sp³-hybridized carbons (Fsp3) is 0.429. The molecule has 1 unspecified atom stereocenters. The predicted molar refractivity (Wildman–Crippen MR) is 103 cm³/mol. The van der Waals surface area contributed by atoms with Crippen LogP contribution in [0.15, 0.2) is 60.7 Å². The van der Waals surface area contributed by atoms with Crippen molar-refractivity contribution >= 4 is 0 Å². The van der Waals surface area contributed by atoms with Gasteiger partial charge < -0.3 is 16.8 Å². The Morgan fingerprint density at radius 1 is 0.750 bits per heavy atom. The summed E-state index contributed by atoms with van der Waals surface area (Å²) >= 11 is 0. The molecule has 0 heterocycles. The Balaban J connectivity index is 1.82. The van der Waals surface area contributed by atoms with Crippen LogP contribution in [0, 0.1) is 0 Å². The molecule has 24 heavy (non-hydrogen) atoms. The molecule has 1 atom stereocenters. The van der Waals surface area contributed by atoms with E-state index in [4.69, 9.17) is 11.5 Å². The Morgan fingerprint density at radius 2 is 1.25 bits per heavy atom. The van der Waals surface area contributed by atoms with E-state index >= 15 is 0 Å². The first-order chi connectivity index (χ1) is 11.8. The first-order valence-corrected chi connectivity index (χ1v) is 9.05. The lowest BCUT2D eigenvalue weighted by Crippen LogP contribution is -2.37. The molecular weight excluding hydrogens is 294 g/mol. The van der Waals surface area contributed by atoms with Gasteiger partial charge in [0.1, 0.15) is 0 Å². The van der Waals surface area contributed by atoms with Crippen LogP contribution in [0.25, 0.3) is 0 Å². The van der Waals surface area contributed by atoms with Crippen molar-refractivity contribution < 1.29 is 0 Å². The Kier molecular flexibility index (Phi) is 8.53. The molecule has 0 saturated heterocycles. The number of nitrogens with two attached hydrogens (primary N) is 2. The minimum atomic E-state index is 0.0985. The predicted octanol–water partition coefficient (Wildman–Crippen LogP) is 2.89. The lowest BCUT2D eigenvalue weighted by atomic mass is 9.99. The summed E-state index contributed by atoms with van der Waals surface area (Å²) in [5, 5.41) is 3.69. The highest BCUT2D eigenvalue weighted by Gasteiger charge is 2.10. The van der Waals surface area contributed by atoms with E-state index in [2.05, 4.69) is 66.0 Å². The van der Waals surface area contributed by atoms with E-state index in [1.54, 1.807) is 0 Å². The molecule has 3 heteroatoms. The van der Waals surface area contributed by atoms with Gasteiger partial charge in [0.2, 0.25) is 0 Å². The number of aryl methyl sites for hydroxylation is 2. The van der Waals surface area contributed by atoms with Gasteiger partial charge in [-0.1, -0.05) is 60.7 Å². The highest BCUT2D eigenvalue weighted by molar-refractivity contribution is 5.16. The van der Waals surface area contributed by atoms with E-state index in [-0.39, 0.29) is 6.04 Å². The van der Waals surface area contributed by atoms with E-state index in [9.17, 15) is 0 Å². The number of hydrogen-bond acceptors (Lipinski definition) is 3. The Labute approximate surface area is 146 Å². The van der Waals surface area contributed by atoms with Gasteiger partial charge >= 0.3 is 0 Å². The maximum atomic E-state index is 5.92. The van der Waals surface area contributed by atoms with Crippen molar-refractivity contribution in [1.82, 2.24) is 5.32 Å². The molecule has 0 aliphatic heterocycles. The molecule has 5 N–H and O–H groups in total. The molecule has 2 rings (SSSR count). The summed E-state index contributed by atoms with van der Waals surface area (Å²) < 4.78 is 0. The summed E-state index contributed by atoms with van der Waals surface area (Å²) in [5.74, 6) is 0. The van der Waals surface area contributed by atoms with Gasteiger partial charge in [-0.25, -0.2) is 0 Å². The number of nitrogens with one attached hydrogen (secondary N) is 1. The number of hydrogen-bond donors (Lipinski definition) is 3. The third-order valence-electron chi connectivity index (χ3n) is 4.50. The number of rotatable bonds is 11. The first kappa shape index (κ1) is 18.7. The van der Waals surface area contributed by atoms with Gasteiger partial charge in [0, 0.05) is 18.6 Å². The van der Waals surface area contributed by atoms with Crippen molar-refractivity contribution in [2.45, 2.75) is 44.2 Å². The average Bonchev–Trinajstić information content (AvgIpc) is 2.65. The molecule has 0 amide bonds. The van der Waals surface area contributed by atoms with E-state index in [0.717, 1.165) is 38.6 Å². The monoisotopic (exact) mass is 325 g/mol. The second-order valence-electron chi connectivity index (χ2n) is 6.48. The molecule has 0 spiro atoms. The summed E-state index contributed by atoms with van der Waals surface area (Å²) in [6, 6.07) is 22.0. The van der Waals surface area contributed by atoms with E-state index in [0.29, 0.717) is 12.6 Å². The smallest absolute Gasteiger partial charge is 0.0175 e.